The largest absolute Gasteiger partial charge is 0.470 e. The summed E-state index contributed by atoms with van der Waals surface area (Å²) in [6, 6.07) is 5.05. The molecule has 0 spiro atoms. The van der Waals surface area contributed by atoms with E-state index in [4.69, 9.17) is 4.74 Å². The lowest BCUT2D eigenvalue weighted by atomic mass is 10.1. The second-order valence-electron chi connectivity index (χ2n) is 5.75. The Hall–Kier alpha value is -3.10. The van der Waals surface area contributed by atoms with Gasteiger partial charge in [0, 0.05) is 11.8 Å². The fourth-order valence-corrected chi connectivity index (χ4v) is 2.69. The molecule has 2 aromatic heterocycles. The standard InChI is InChI=1S/C16H13F2N5O2/c1-9-5-13(23-16(21-9)19-8-20-23)25-10-6-22(7-10)15(24)14-11(17)3-2-4-12(14)18/h2-5,8,10H,6-7H2,1H3. The molecule has 0 bridgehead atoms. The molecule has 3 aromatic rings. The first kappa shape index (κ1) is 15.4. The molecule has 0 radical (unpaired) electrons. The van der Waals surface area contributed by atoms with Crippen LogP contribution >= 0.6 is 0 Å². The SMILES string of the molecule is Cc1cc(OC2CN(C(=O)c3c(F)cccc3F)C2)n2ncnc2n1. The highest BCUT2D eigenvalue weighted by Crippen LogP contribution is 2.22. The number of likely N-dealkylation sites (tertiary alicyclic amines) is 1. The Morgan fingerprint density at radius 3 is 2.72 bits per heavy atom. The van der Waals surface area contributed by atoms with Crippen molar-refractivity contribution < 1.29 is 18.3 Å². The van der Waals surface area contributed by atoms with Crippen molar-refractivity contribution in [2.45, 2.75) is 13.0 Å². The Morgan fingerprint density at radius 1 is 1.28 bits per heavy atom. The van der Waals surface area contributed by atoms with Gasteiger partial charge in [-0.15, -0.1) is 0 Å². The van der Waals surface area contributed by atoms with Crippen LogP contribution in [0.1, 0.15) is 16.1 Å². The molecule has 0 unspecified atom stereocenters. The van der Waals surface area contributed by atoms with Crippen LogP contribution in [0.4, 0.5) is 8.78 Å². The first-order chi connectivity index (χ1) is 12.0. The topological polar surface area (TPSA) is 72.6 Å². The van der Waals surface area contributed by atoms with Crippen molar-refractivity contribution in [3.05, 3.63) is 53.5 Å². The lowest BCUT2D eigenvalue weighted by molar-refractivity contribution is 0.0143. The molecular formula is C16H13F2N5O2. The molecular weight excluding hydrogens is 332 g/mol. The first-order valence-electron chi connectivity index (χ1n) is 7.60. The highest BCUT2D eigenvalue weighted by atomic mass is 19.1. The minimum Gasteiger partial charge on any atom is -0.470 e. The average Bonchev–Trinajstić information content (AvgIpc) is 2.98. The van der Waals surface area contributed by atoms with Crippen molar-refractivity contribution in [3.8, 4) is 5.88 Å². The van der Waals surface area contributed by atoms with Crippen molar-refractivity contribution in [1.82, 2.24) is 24.5 Å². The number of fused-ring (bicyclic) bond motifs is 1. The number of nitrogens with zero attached hydrogens (tertiary/aromatic N) is 5. The van der Waals surface area contributed by atoms with Crippen molar-refractivity contribution >= 4 is 11.7 Å². The predicted molar refractivity (Wildman–Crippen MR) is 82.2 cm³/mol. The molecule has 7 nitrogen and oxygen atoms in total. The van der Waals surface area contributed by atoms with Gasteiger partial charge in [-0.1, -0.05) is 6.07 Å². The van der Waals surface area contributed by atoms with Gasteiger partial charge in [-0.3, -0.25) is 4.79 Å². The van der Waals surface area contributed by atoms with E-state index >= 15 is 0 Å². The van der Waals surface area contributed by atoms with Crippen molar-refractivity contribution in [2.24, 2.45) is 0 Å². The number of carbonyl (C=O) groups excluding carboxylic acids is 1. The summed E-state index contributed by atoms with van der Waals surface area (Å²) < 4.78 is 34.7. The molecule has 128 valence electrons. The van der Waals surface area contributed by atoms with E-state index in [-0.39, 0.29) is 19.2 Å². The molecule has 1 amide bonds. The molecule has 1 aliphatic rings. The van der Waals surface area contributed by atoms with Gasteiger partial charge >= 0.3 is 0 Å². The van der Waals surface area contributed by atoms with Crippen LogP contribution in [-0.4, -0.2) is 49.6 Å². The van der Waals surface area contributed by atoms with Crippen LogP contribution in [0.3, 0.4) is 0 Å². The minimum atomic E-state index is -0.872. The average molecular weight is 345 g/mol. The Morgan fingerprint density at radius 2 is 2.00 bits per heavy atom. The highest BCUT2D eigenvalue weighted by molar-refractivity contribution is 5.95. The van der Waals surface area contributed by atoms with Crippen LogP contribution in [0.5, 0.6) is 5.88 Å². The van der Waals surface area contributed by atoms with Gasteiger partial charge in [0.2, 0.25) is 5.88 Å². The molecule has 4 rings (SSSR count). The zero-order chi connectivity index (χ0) is 17.6. The summed E-state index contributed by atoms with van der Waals surface area (Å²) in [6.07, 6.45) is 1.07. The first-order valence-corrected chi connectivity index (χ1v) is 7.60. The van der Waals surface area contributed by atoms with E-state index in [1.165, 1.54) is 21.8 Å². The minimum absolute atomic E-state index is 0.226. The normalized spacial score (nSPS) is 14.6. The van der Waals surface area contributed by atoms with Crippen LogP contribution in [0.2, 0.25) is 0 Å². The van der Waals surface area contributed by atoms with Gasteiger partial charge in [0.1, 0.15) is 29.6 Å². The van der Waals surface area contributed by atoms with Crippen LogP contribution in [0, 0.1) is 18.6 Å². The third-order valence-electron chi connectivity index (χ3n) is 3.95. The summed E-state index contributed by atoms with van der Waals surface area (Å²) in [5, 5.41) is 4.03. The molecule has 1 aliphatic heterocycles. The molecule has 9 heteroatoms. The fourth-order valence-electron chi connectivity index (χ4n) is 2.69. The second kappa shape index (κ2) is 5.76. The number of benzene rings is 1. The molecule has 0 atom stereocenters. The molecule has 0 aliphatic carbocycles. The van der Waals surface area contributed by atoms with Gasteiger partial charge in [0.25, 0.3) is 11.7 Å². The fraction of sp³-hybridized carbons (Fsp3) is 0.250. The maximum Gasteiger partial charge on any atom is 0.260 e. The molecule has 1 aromatic carbocycles. The summed E-state index contributed by atoms with van der Waals surface area (Å²) in [5.41, 5.74) is 0.176. The Balaban J connectivity index is 1.47. The van der Waals surface area contributed by atoms with Crippen molar-refractivity contribution in [1.29, 1.82) is 0 Å². The number of aromatic nitrogens is 4. The summed E-state index contributed by atoms with van der Waals surface area (Å²) in [7, 11) is 0. The van der Waals surface area contributed by atoms with E-state index in [1.807, 2.05) is 0 Å². The van der Waals surface area contributed by atoms with E-state index in [2.05, 4.69) is 15.1 Å². The molecule has 1 fully saturated rings. The number of hydrogen-bond donors (Lipinski definition) is 0. The summed E-state index contributed by atoms with van der Waals surface area (Å²) in [4.78, 5) is 21.8. The van der Waals surface area contributed by atoms with Crippen molar-refractivity contribution in [2.75, 3.05) is 13.1 Å². The van der Waals surface area contributed by atoms with Gasteiger partial charge < -0.3 is 9.64 Å². The van der Waals surface area contributed by atoms with Crippen LogP contribution in [0.15, 0.2) is 30.6 Å². The van der Waals surface area contributed by atoms with E-state index in [9.17, 15) is 13.6 Å². The second-order valence-corrected chi connectivity index (χ2v) is 5.75. The van der Waals surface area contributed by atoms with Gasteiger partial charge in [-0.05, 0) is 19.1 Å². The molecule has 3 heterocycles. The molecule has 1 saturated heterocycles. The number of hydrogen-bond acceptors (Lipinski definition) is 5. The van der Waals surface area contributed by atoms with E-state index in [1.54, 1.807) is 13.0 Å². The maximum atomic E-state index is 13.7. The highest BCUT2D eigenvalue weighted by Gasteiger charge is 2.35. The van der Waals surface area contributed by atoms with E-state index in [0.717, 1.165) is 17.8 Å². The lowest BCUT2D eigenvalue weighted by Crippen LogP contribution is -2.56. The zero-order valence-corrected chi connectivity index (χ0v) is 13.2. The lowest BCUT2D eigenvalue weighted by Gasteiger charge is -2.38. The van der Waals surface area contributed by atoms with Gasteiger partial charge in [0.05, 0.1) is 13.1 Å². The number of aryl methyl sites for hydroxylation is 1. The smallest absolute Gasteiger partial charge is 0.260 e. The Labute approximate surface area is 140 Å². The van der Waals surface area contributed by atoms with Crippen LogP contribution in [0.25, 0.3) is 5.78 Å². The quantitative estimate of drug-likeness (QED) is 0.721. The molecule has 0 N–H and O–H groups in total. The van der Waals surface area contributed by atoms with Gasteiger partial charge in [-0.2, -0.15) is 14.6 Å². The predicted octanol–water partition coefficient (Wildman–Crippen LogP) is 1.61. The summed E-state index contributed by atoms with van der Waals surface area (Å²) >= 11 is 0. The number of ether oxygens (including phenoxy) is 1. The number of rotatable bonds is 3. The van der Waals surface area contributed by atoms with E-state index < -0.39 is 23.1 Å². The monoisotopic (exact) mass is 345 g/mol. The maximum absolute atomic E-state index is 13.7. The number of carbonyl (C=O) groups is 1. The third-order valence-corrected chi connectivity index (χ3v) is 3.95. The Bertz CT molecular complexity index is 948. The van der Waals surface area contributed by atoms with Gasteiger partial charge in [-0.25, -0.2) is 13.8 Å². The molecule has 25 heavy (non-hydrogen) atoms. The van der Waals surface area contributed by atoms with Crippen LogP contribution < -0.4 is 4.74 Å². The third kappa shape index (κ3) is 2.67. The number of halogens is 2. The summed E-state index contributed by atoms with van der Waals surface area (Å²) in [5.74, 6) is -1.57. The van der Waals surface area contributed by atoms with Crippen LogP contribution in [-0.2, 0) is 0 Å². The Kier molecular flexibility index (Phi) is 3.56. The zero-order valence-electron chi connectivity index (χ0n) is 13.2. The van der Waals surface area contributed by atoms with E-state index in [0.29, 0.717) is 11.7 Å². The molecule has 0 saturated carbocycles. The van der Waals surface area contributed by atoms with Crippen molar-refractivity contribution in [3.63, 3.8) is 0 Å². The summed E-state index contributed by atoms with van der Waals surface area (Å²) in [6.45, 7) is 2.26. The van der Waals surface area contributed by atoms with Gasteiger partial charge in [0.15, 0.2) is 0 Å². The number of amides is 1.